The molecule has 0 bridgehead atoms. The lowest BCUT2D eigenvalue weighted by atomic mass is 10.1. The van der Waals surface area contributed by atoms with E-state index in [2.05, 4.69) is 37.4 Å². The minimum atomic E-state index is -0.233. The van der Waals surface area contributed by atoms with Crippen LogP contribution in [0.1, 0.15) is 19.4 Å². The normalized spacial score (nSPS) is 11.2. The minimum Gasteiger partial charge on any atom is -0.468 e. The molecule has 0 radical (unpaired) electrons. The van der Waals surface area contributed by atoms with E-state index in [0.29, 0.717) is 6.04 Å². The van der Waals surface area contributed by atoms with Gasteiger partial charge in [0.1, 0.15) is 6.54 Å². The maximum Gasteiger partial charge on any atom is 0.325 e. The second kappa shape index (κ2) is 5.89. The average molecular weight is 260 g/mol. The van der Waals surface area contributed by atoms with Crippen LogP contribution < -0.4 is 5.32 Å². The number of hydrogen-bond donors (Lipinski definition) is 1. The van der Waals surface area contributed by atoms with Gasteiger partial charge in [-0.3, -0.25) is 4.79 Å². The zero-order valence-corrected chi connectivity index (χ0v) is 11.6. The lowest BCUT2D eigenvalue weighted by Crippen LogP contribution is -2.21. The Hall–Kier alpha value is -1.81. The first-order valence-electron chi connectivity index (χ1n) is 6.48. The summed E-state index contributed by atoms with van der Waals surface area (Å²) in [6.45, 7) is 5.33. The Balaban J connectivity index is 2.24. The van der Waals surface area contributed by atoms with Crippen molar-refractivity contribution in [3.05, 3.63) is 36.0 Å². The third kappa shape index (κ3) is 3.35. The average Bonchev–Trinajstić information content (AvgIpc) is 2.79. The van der Waals surface area contributed by atoms with Crippen LogP contribution in [-0.4, -0.2) is 23.7 Å². The number of ether oxygens (including phenoxy) is 1. The summed E-state index contributed by atoms with van der Waals surface area (Å²) in [4.78, 5) is 11.4. The minimum absolute atomic E-state index is 0.233. The van der Waals surface area contributed by atoms with Gasteiger partial charge in [-0.15, -0.1) is 0 Å². The quantitative estimate of drug-likeness (QED) is 0.839. The van der Waals surface area contributed by atoms with Gasteiger partial charge in [0.25, 0.3) is 0 Å². The van der Waals surface area contributed by atoms with Gasteiger partial charge in [0.2, 0.25) is 0 Å². The van der Waals surface area contributed by atoms with Gasteiger partial charge in [0.15, 0.2) is 0 Å². The number of carbonyl (C=O) groups excluding carboxylic acids is 1. The second-order valence-electron chi connectivity index (χ2n) is 4.95. The van der Waals surface area contributed by atoms with Crippen molar-refractivity contribution in [2.45, 2.75) is 33.0 Å². The lowest BCUT2D eigenvalue weighted by molar-refractivity contribution is -0.141. The molecule has 0 unspecified atom stereocenters. The van der Waals surface area contributed by atoms with Crippen LogP contribution in [0.4, 0.5) is 0 Å². The molecule has 2 rings (SSSR count). The van der Waals surface area contributed by atoms with Gasteiger partial charge in [-0.2, -0.15) is 0 Å². The molecule has 102 valence electrons. The highest BCUT2D eigenvalue weighted by molar-refractivity contribution is 5.82. The van der Waals surface area contributed by atoms with Crippen molar-refractivity contribution >= 4 is 16.9 Å². The third-order valence-corrected chi connectivity index (χ3v) is 3.08. The molecule has 2 aromatic rings. The highest BCUT2D eigenvalue weighted by Gasteiger charge is 2.07. The van der Waals surface area contributed by atoms with Crippen molar-refractivity contribution in [3.63, 3.8) is 0 Å². The zero-order chi connectivity index (χ0) is 13.8. The monoisotopic (exact) mass is 260 g/mol. The van der Waals surface area contributed by atoms with Crippen molar-refractivity contribution in [2.24, 2.45) is 0 Å². The summed E-state index contributed by atoms with van der Waals surface area (Å²) in [5.74, 6) is -0.233. The molecule has 4 nitrogen and oxygen atoms in total. The molecule has 0 amide bonds. The van der Waals surface area contributed by atoms with Crippen molar-refractivity contribution in [1.29, 1.82) is 0 Å². The first-order valence-corrected chi connectivity index (χ1v) is 6.48. The maximum absolute atomic E-state index is 11.4. The molecule has 4 heteroatoms. The number of aromatic nitrogens is 1. The van der Waals surface area contributed by atoms with Crippen LogP contribution in [0, 0.1) is 0 Å². The van der Waals surface area contributed by atoms with E-state index in [4.69, 9.17) is 4.74 Å². The summed E-state index contributed by atoms with van der Waals surface area (Å²) in [7, 11) is 1.41. The van der Waals surface area contributed by atoms with Crippen molar-refractivity contribution in [2.75, 3.05) is 7.11 Å². The predicted molar refractivity (Wildman–Crippen MR) is 75.9 cm³/mol. The Labute approximate surface area is 113 Å². The first kappa shape index (κ1) is 13.6. The van der Waals surface area contributed by atoms with Gasteiger partial charge in [-0.1, -0.05) is 26.0 Å². The van der Waals surface area contributed by atoms with Gasteiger partial charge in [0.05, 0.1) is 7.11 Å². The Morgan fingerprint density at radius 3 is 2.84 bits per heavy atom. The molecular formula is C15H20N2O2. The Morgan fingerprint density at radius 1 is 1.37 bits per heavy atom. The molecule has 1 N–H and O–H groups in total. The second-order valence-corrected chi connectivity index (χ2v) is 4.95. The van der Waals surface area contributed by atoms with Gasteiger partial charge in [0, 0.05) is 24.3 Å². The van der Waals surface area contributed by atoms with Crippen molar-refractivity contribution < 1.29 is 9.53 Å². The van der Waals surface area contributed by atoms with Gasteiger partial charge in [-0.25, -0.2) is 0 Å². The van der Waals surface area contributed by atoms with Crippen LogP contribution >= 0.6 is 0 Å². The number of carbonyl (C=O) groups is 1. The van der Waals surface area contributed by atoms with E-state index in [1.165, 1.54) is 12.7 Å². The molecule has 0 aliphatic rings. The van der Waals surface area contributed by atoms with Crippen LogP contribution in [0.3, 0.4) is 0 Å². The number of rotatable bonds is 5. The fraction of sp³-hybridized carbons (Fsp3) is 0.400. The number of hydrogen-bond acceptors (Lipinski definition) is 3. The number of methoxy groups -OCH3 is 1. The highest BCUT2D eigenvalue weighted by Crippen LogP contribution is 2.18. The first-order chi connectivity index (χ1) is 9.10. The third-order valence-electron chi connectivity index (χ3n) is 3.08. The van der Waals surface area contributed by atoms with Gasteiger partial charge >= 0.3 is 5.97 Å². The van der Waals surface area contributed by atoms with E-state index in [-0.39, 0.29) is 12.5 Å². The summed E-state index contributed by atoms with van der Waals surface area (Å²) in [6.07, 6.45) is 1.92. The Kier molecular flexibility index (Phi) is 4.22. The molecule has 0 fully saturated rings. The molecule has 1 heterocycles. The molecule has 1 aromatic carbocycles. The highest BCUT2D eigenvalue weighted by atomic mass is 16.5. The summed E-state index contributed by atoms with van der Waals surface area (Å²) in [5.41, 5.74) is 2.28. The Morgan fingerprint density at radius 2 is 2.16 bits per heavy atom. The summed E-state index contributed by atoms with van der Waals surface area (Å²) < 4.78 is 6.63. The van der Waals surface area contributed by atoms with E-state index in [1.54, 1.807) is 0 Å². The fourth-order valence-electron chi connectivity index (χ4n) is 2.00. The molecule has 0 aliphatic carbocycles. The molecule has 0 saturated heterocycles. The van der Waals surface area contributed by atoms with E-state index >= 15 is 0 Å². The maximum atomic E-state index is 11.4. The zero-order valence-electron chi connectivity index (χ0n) is 11.6. The predicted octanol–water partition coefficient (Wildman–Crippen LogP) is 2.31. The van der Waals surface area contributed by atoms with Crippen LogP contribution in [0.5, 0.6) is 0 Å². The smallest absolute Gasteiger partial charge is 0.325 e. The number of fused-ring (bicyclic) bond motifs is 1. The number of esters is 1. The summed E-state index contributed by atoms with van der Waals surface area (Å²) in [5, 5.41) is 4.53. The summed E-state index contributed by atoms with van der Waals surface area (Å²) in [6, 6.07) is 8.78. The molecule has 19 heavy (non-hydrogen) atoms. The van der Waals surface area contributed by atoms with Crippen LogP contribution in [0.15, 0.2) is 30.5 Å². The molecule has 0 saturated carbocycles. The number of nitrogens with zero attached hydrogens (tertiary/aromatic N) is 1. The SMILES string of the molecule is COC(=O)Cn1ccc2ccc(CNC(C)C)cc21. The van der Waals surface area contributed by atoms with Gasteiger partial charge in [-0.05, 0) is 23.1 Å². The molecule has 0 spiro atoms. The van der Waals surface area contributed by atoms with Crippen molar-refractivity contribution in [3.8, 4) is 0 Å². The van der Waals surface area contributed by atoms with Crippen LogP contribution in [-0.2, 0) is 22.6 Å². The number of nitrogens with one attached hydrogen (secondary N) is 1. The molecule has 0 aliphatic heterocycles. The topological polar surface area (TPSA) is 43.3 Å². The van der Waals surface area contributed by atoms with E-state index in [0.717, 1.165) is 17.4 Å². The largest absolute Gasteiger partial charge is 0.468 e. The fourth-order valence-corrected chi connectivity index (χ4v) is 2.00. The van der Waals surface area contributed by atoms with E-state index in [1.807, 2.05) is 16.8 Å². The summed E-state index contributed by atoms with van der Waals surface area (Å²) >= 11 is 0. The van der Waals surface area contributed by atoms with Crippen LogP contribution in [0.2, 0.25) is 0 Å². The van der Waals surface area contributed by atoms with Crippen LogP contribution in [0.25, 0.3) is 10.9 Å². The standard InChI is InChI=1S/C15H20N2O2/c1-11(2)16-9-12-4-5-13-6-7-17(14(13)8-12)10-15(18)19-3/h4-8,11,16H,9-10H2,1-3H3. The molecular weight excluding hydrogens is 240 g/mol. The lowest BCUT2D eigenvalue weighted by Gasteiger charge is -2.09. The van der Waals surface area contributed by atoms with Crippen molar-refractivity contribution in [1.82, 2.24) is 9.88 Å². The number of benzene rings is 1. The molecule has 0 atom stereocenters. The van der Waals surface area contributed by atoms with E-state index in [9.17, 15) is 4.79 Å². The molecule has 1 aromatic heterocycles. The van der Waals surface area contributed by atoms with E-state index < -0.39 is 0 Å². The van der Waals surface area contributed by atoms with Gasteiger partial charge < -0.3 is 14.6 Å². The Bertz CT molecular complexity index is 573.